The summed E-state index contributed by atoms with van der Waals surface area (Å²) in [5.74, 6) is 0. The molecule has 0 amide bonds. The fraction of sp³-hybridized carbons (Fsp3) is 1.00. The maximum Gasteiger partial charge on any atom is 0.00954 e. The molecule has 1 N–H and O–H groups in total. The summed E-state index contributed by atoms with van der Waals surface area (Å²) in [7, 11) is 0. The molecule has 0 radical (unpaired) electrons. The monoisotopic (exact) mass is 172 g/mol. The number of nitrogens with zero attached hydrogens (tertiary/aromatic N) is 1. The van der Waals surface area contributed by atoms with Gasteiger partial charge in [-0.3, -0.25) is 4.31 Å². The molecule has 0 aromatic heterocycles. The van der Waals surface area contributed by atoms with Gasteiger partial charge in [0.2, 0.25) is 0 Å². The molecule has 0 aromatic carbocycles. The second kappa shape index (κ2) is 2.96. The molecule has 2 heterocycles. The molecule has 0 aliphatic carbocycles. The van der Waals surface area contributed by atoms with Gasteiger partial charge in [-0.05, 0) is 24.5 Å². The Labute approximate surface area is 72.9 Å². The molecule has 0 aromatic rings. The van der Waals surface area contributed by atoms with Crippen molar-refractivity contribution in [1.29, 1.82) is 0 Å². The van der Waals surface area contributed by atoms with Crippen LogP contribution in [0, 0.1) is 5.41 Å². The Kier molecular flexibility index (Phi) is 2.12. The molecule has 2 nitrogen and oxygen atoms in total. The Hall–Kier alpha value is 0.270. The highest BCUT2D eigenvalue weighted by molar-refractivity contribution is 7.96. The van der Waals surface area contributed by atoms with Crippen molar-refractivity contribution in [3.05, 3.63) is 0 Å². The van der Waals surface area contributed by atoms with Crippen LogP contribution in [0.1, 0.15) is 12.8 Å². The van der Waals surface area contributed by atoms with Gasteiger partial charge in [-0.15, -0.1) is 0 Å². The molecule has 0 atom stereocenters. The first-order chi connectivity index (χ1) is 5.35. The standard InChI is InChI=1S/C8H16N2S/c1-11-10-4-2-8(3-5-10)6-9-7-8/h9H,2-7H2,1H3. The van der Waals surface area contributed by atoms with Crippen molar-refractivity contribution in [2.75, 3.05) is 32.4 Å². The van der Waals surface area contributed by atoms with Gasteiger partial charge in [0.05, 0.1) is 0 Å². The zero-order chi connectivity index (χ0) is 7.73. The molecule has 64 valence electrons. The molecule has 1 spiro atoms. The van der Waals surface area contributed by atoms with Gasteiger partial charge in [0.15, 0.2) is 0 Å². The molecule has 2 rings (SSSR count). The van der Waals surface area contributed by atoms with Crippen molar-refractivity contribution >= 4 is 11.9 Å². The van der Waals surface area contributed by atoms with E-state index in [-0.39, 0.29) is 0 Å². The molecule has 11 heavy (non-hydrogen) atoms. The van der Waals surface area contributed by atoms with Gasteiger partial charge in [-0.2, -0.15) is 0 Å². The van der Waals surface area contributed by atoms with E-state index in [1.54, 1.807) is 0 Å². The Morgan fingerprint density at radius 1 is 1.27 bits per heavy atom. The van der Waals surface area contributed by atoms with E-state index in [1.165, 1.54) is 39.0 Å². The van der Waals surface area contributed by atoms with Crippen LogP contribution in [0.2, 0.25) is 0 Å². The van der Waals surface area contributed by atoms with E-state index in [0.29, 0.717) is 5.41 Å². The number of hydrogen-bond acceptors (Lipinski definition) is 3. The Morgan fingerprint density at radius 2 is 1.91 bits per heavy atom. The van der Waals surface area contributed by atoms with Gasteiger partial charge in [0.1, 0.15) is 0 Å². The van der Waals surface area contributed by atoms with E-state index < -0.39 is 0 Å². The first kappa shape index (κ1) is 7.90. The van der Waals surface area contributed by atoms with E-state index >= 15 is 0 Å². The third-order valence-corrected chi connectivity index (χ3v) is 3.92. The normalized spacial score (nSPS) is 30.3. The molecular weight excluding hydrogens is 156 g/mol. The summed E-state index contributed by atoms with van der Waals surface area (Å²) in [5, 5.41) is 3.38. The van der Waals surface area contributed by atoms with Gasteiger partial charge >= 0.3 is 0 Å². The van der Waals surface area contributed by atoms with E-state index in [9.17, 15) is 0 Å². The van der Waals surface area contributed by atoms with E-state index in [4.69, 9.17) is 0 Å². The summed E-state index contributed by atoms with van der Waals surface area (Å²) in [4.78, 5) is 0. The third-order valence-electron chi connectivity index (χ3n) is 3.04. The quantitative estimate of drug-likeness (QED) is 0.593. The van der Waals surface area contributed by atoms with Gasteiger partial charge in [0.25, 0.3) is 0 Å². The van der Waals surface area contributed by atoms with Crippen molar-refractivity contribution in [2.45, 2.75) is 12.8 Å². The van der Waals surface area contributed by atoms with E-state index in [0.717, 1.165) is 0 Å². The molecule has 3 heteroatoms. The van der Waals surface area contributed by atoms with Crippen LogP contribution in [0.25, 0.3) is 0 Å². The lowest BCUT2D eigenvalue weighted by Crippen LogP contribution is -2.57. The molecule has 0 unspecified atom stereocenters. The van der Waals surface area contributed by atoms with Crippen LogP contribution in [0.5, 0.6) is 0 Å². The zero-order valence-electron chi connectivity index (χ0n) is 7.10. The fourth-order valence-corrected chi connectivity index (χ4v) is 2.52. The predicted molar refractivity (Wildman–Crippen MR) is 49.6 cm³/mol. The van der Waals surface area contributed by atoms with Crippen molar-refractivity contribution < 1.29 is 0 Å². The van der Waals surface area contributed by atoms with Crippen LogP contribution in [0.3, 0.4) is 0 Å². The highest BCUT2D eigenvalue weighted by Crippen LogP contribution is 2.36. The van der Waals surface area contributed by atoms with Crippen LogP contribution in [-0.4, -0.2) is 36.7 Å². The molecule has 2 aliphatic rings. The second-order valence-electron chi connectivity index (χ2n) is 3.72. The van der Waals surface area contributed by atoms with Gasteiger partial charge in [-0.1, -0.05) is 11.9 Å². The molecule has 2 aliphatic heterocycles. The van der Waals surface area contributed by atoms with E-state index in [2.05, 4.69) is 15.9 Å². The summed E-state index contributed by atoms with van der Waals surface area (Å²) in [6.07, 6.45) is 4.98. The minimum Gasteiger partial charge on any atom is -0.316 e. The molecule has 0 bridgehead atoms. The smallest absolute Gasteiger partial charge is 0.00954 e. The molecule has 2 fully saturated rings. The minimum absolute atomic E-state index is 0.715. The Balaban J connectivity index is 1.84. The second-order valence-corrected chi connectivity index (χ2v) is 4.60. The van der Waals surface area contributed by atoms with E-state index in [1.807, 2.05) is 11.9 Å². The molecule has 2 saturated heterocycles. The van der Waals surface area contributed by atoms with Crippen molar-refractivity contribution in [1.82, 2.24) is 9.62 Å². The highest BCUT2D eigenvalue weighted by atomic mass is 32.2. The summed E-state index contributed by atoms with van der Waals surface area (Å²) >= 11 is 1.89. The Bertz CT molecular complexity index is 135. The third kappa shape index (κ3) is 1.42. The van der Waals surface area contributed by atoms with Gasteiger partial charge in [-0.25, -0.2) is 0 Å². The number of hydrogen-bond donors (Lipinski definition) is 1. The number of rotatable bonds is 1. The maximum atomic E-state index is 3.38. The van der Waals surface area contributed by atoms with Crippen molar-refractivity contribution in [3.63, 3.8) is 0 Å². The average molecular weight is 172 g/mol. The largest absolute Gasteiger partial charge is 0.316 e. The lowest BCUT2D eigenvalue weighted by atomic mass is 9.74. The zero-order valence-corrected chi connectivity index (χ0v) is 7.91. The number of nitrogens with one attached hydrogen (secondary N) is 1. The van der Waals surface area contributed by atoms with Crippen LogP contribution in [0.4, 0.5) is 0 Å². The lowest BCUT2D eigenvalue weighted by Gasteiger charge is -2.47. The number of piperidine rings is 1. The van der Waals surface area contributed by atoms with Crippen molar-refractivity contribution in [2.24, 2.45) is 5.41 Å². The highest BCUT2D eigenvalue weighted by Gasteiger charge is 2.39. The lowest BCUT2D eigenvalue weighted by molar-refractivity contribution is 0.0908. The fourth-order valence-electron chi connectivity index (χ4n) is 1.98. The van der Waals surface area contributed by atoms with Crippen molar-refractivity contribution in [3.8, 4) is 0 Å². The first-order valence-electron chi connectivity index (χ1n) is 4.34. The van der Waals surface area contributed by atoms with Gasteiger partial charge in [0, 0.05) is 26.2 Å². The van der Waals surface area contributed by atoms with Crippen LogP contribution in [-0.2, 0) is 0 Å². The van der Waals surface area contributed by atoms with Crippen LogP contribution >= 0.6 is 11.9 Å². The summed E-state index contributed by atoms with van der Waals surface area (Å²) < 4.78 is 2.48. The SMILES string of the molecule is CSN1CCC2(CC1)CNC2. The van der Waals surface area contributed by atoms with Gasteiger partial charge < -0.3 is 5.32 Å². The predicted octanol–water partition coefficient (Wildman–Crippen LogP) is 0.950. The molecule has 0 saturated carbocycles. The average Bonchev–Trinajstić information content (AvgIpc) is 2.02. The summed E-state index contributed by atoms with van der Waals surface area (Å²) in [5.41, 5.74) is 0.715. The Morgan fingerprint density at radius 3 is 2.27 bits per heavy atom. The summed E-state index contributed by atoms with van der Waals surface area (Å²) in [6.45, 7) is 5.14. The molecular formula is C8H16N2S. The topological polar surface area (TPSA) is 15.3 Å². The minimum atomic E-state index is 0.715. The van der Waals surface area contributed by atoms with Crippen LogP contribution in [0.15, 0.2) is 0 Å². The first-order valence-corrected chi connectivity index (χ1v) is 5.53. The maximum absolute atomic E-state index is 3.38. The summed E-state index contributed by atoms with van der Waals surface area (Å²) in [6, 6.07) is 0. The van der Waals surface area contributed by atoms with Crippen LogP contribution < -0.4 is 5.32 Å².